The first-order valence-corrected chi connectivity index (χ1v) is 17.6. The van der Waals surface area contributed by atoms with E-state index in [-0.39, 0.29) is 5.66 Å². The van der Waals surface area contributed by atoms with Gasteiger partial charge in [0.05, 0.1) is 0 Å². The van der Waals surface area contributed by atoms with Gasteiger partial charge in [-0.1, -0.05) is 171 Å². The molecule has 2 aromatic carbocycles. The average Bonchev–Trinajstić information content (AvgIpc) is 3.34. The van der Waals surface area contributed by atoms with Gasteiger partial charge in [0.1, 0.15) is 5.66 Å². The molecule has 0 spiro atoms. The molecule has 0 aromatic heterocycles. The van der Waals surface area contributed by atoms with Gasteiger partial charge in [0.2, 0.25) is 0 Å². The van der Waals surface area contributed by atoms with Gasteiger partial charge < -0.3 is 9.80 Å². The van der Waals surface area contributed by atoms with E-state index in [0.29, 0.717) is 5.92 Å². The van der Waals surface area contributed by atoms with Gasteiger partial charge in [-0.2, -0.15) is 0 Å². The fourth-order valence-corrected chi connectivity index (χ4v) is 7.09. The summed E-state index contributed by atoms with van der Waals surface area (Å²) in [5, 5.41) is 0. The van der Waals surface area contributed by atoms with Gasteiger partial charge in [0.25, 0.3) is 0 Å². The highest BCUT2D eigenvalue weighted by Crippen LogP contribution is 2.45. The minimum atomic E-state index is -0.0554. The van der Waals surface area contributed by atoms with Crippen LogP contribution in [0.15, 0.2) is 73.1 Å². The molecule has 1 heterocycles. The molecule has 0 radical (unpaired) electrons. The Balaban J connectivity index is 1.74. The van der Waals surface area contributed by atoms with E-state index in [4.69, 9.17) is 0 Å². The van der Waals surface area contributed by atoms with Crippen LogP contribution in [-0.2, 0) is 6.42 Å². The lowest BCUT2D eigenvalue weighted by Crippen LogP contribution is -2.59. The molecular weight excluding hydrogens is 496 g/mol. The van der Waals surface area contributed by atoms with Gasteiger partial charge >= 0.3 is 0 Å². The smallest absolute Gasteiger partial charge is 0.123 e. The minimum absolute atomic E-state index is 0.0554. The topological polar surface area (TPSA) is 6.48 Å². The summed E-state index contributed by atoms with van der Waals surface area (Å²) in [6, 6.07) is 22.7. The van der Waals surface area contributed by atoms with E-state index in [1.54, 1.807) is 0 Å². The Morgan fingerprint density at radius 1 is 0.512 bits per heavy atom. The molecule has 1 aliphatic rings. The van der Waals surface area contributed by atoms with Crippen molar-refractivity contribution in [2.45, 2.75) is 148 Å². The zero-order chi connectivity index (χ0) is 29.0. The van der Waals surface area contributed by atoms with Gasteiger partial charge in [-0.15, -0.1) is 0 Å². The summed E-state index contributed by atoms with van der Waals surface area (Å²) in [5.41, 5.74) is 2.88. The molecule has 2 heteroatoms. The molecule has 2 nitrogen and oxygen atoms in total. The van der Waals surface area contributed by atoms with E-state index in [9.17, 15) is 0 Å². The van der Waals surface area contributed by atoms with Crippen molar-refractivity contribution in [2.24, 2.45) is 0 Å². The SMILES string of the molecule is CCCCCCCCCCCCN1C=CN(CCCCCCCC)C1(Cc1ccccc1)C(CC)c1ccccc1. The largest absolute Gasteiger partial charge is 0.353 e. The van der Waals surface area contributed by atoms with Gasteiger partial charge in [0, 0.05) is 37.8 Å². The first-order chi connectivity index (χ1) is 20.3. The van der Waals surface area contributed by atoms with Crippen LogP contribution in [0.2, 0.25) is 0 Å². The Morgan fingerprint density at radius 2 is 0.927 bits per heavy atom. The highest BCUT2D eigenvalue weighted by Gasteiger charge is 2.49. The molecule has 2 aromatic rings. The highest BCUT2D eigenvalue weighted by molar-refractivity contribution is 5.30. The molecule has 0 saturated heterocycles. The van der Waals surface area contributed by atoms with Gasteiger partial charge in [-0.25, -0.2) is 0 Å². The summed E-state index contributed by atoms with van der Waals surface area (Å²) in [4.78, 5) is 5.53. The third-order valence-corrected chi connectivity index (χ3v) is 9.40. The predicted molar refractivity (Wildman–Crippen MR) is 180 cm³/mol. The second-order valence-electron chi connectivity index (χ2n) is 12.5. The number of hydrogen-bond donors (Lipinski definition) is 0. The maximum Gasteiger partial charge on any atom is 0.123 e. The molecule has 2 unspecified atom stereocenters. The van der Waals surface area contributed by atoms with Gasteiger partial charge in [-0.05, 0) is 30.4 Å². The minimum Gasteiger partial charge on any atom is -0.353 e. The standard InChI is InChI=1S/C39H62N2/c1-4-7-9-11-13-14-15-16-18-26-32-41-34-33-40(31-25-17-12-10-8-5-2)39(41,35-36-27-21-19-22-28-36)38(6-3)37-29-23-20-24-30-37/h19-24,27-30,33-34,38H,4-18,25-26,31-32,35H2,1-3H3. The Hall–Kier alpha value is -2.22. The average molecular weight is 559 g/mol. The fraction of sp³-hybridized carbons (Fsp3) is 0.641. The third-order valence-electron chi connectivity index (χ3n) is 9.40. The molecule has 228 valence electrons. The number of benzene rings is 2. The summed E-state index contributed by atoms with van der Waals surface area (Å²) in [6.45, 7) is 9.32. The van der Waals surface area contributed by atoms with E-state index in [0.717, 1.165) is 25.9 Å². The first kappa shape index (κ1) is 33.3. The Labute approximate surface area is 254 Å². The van der Waals surface area contributed by atoms with Crippen LogP contribution < -0.4 is 0 Å². The summed E-state index contributed by atoms with van der Waals surface area (Å²) in [5.74, 6) is 0.446. The van der Waals surface area contributed by atoms with Crippen molar-refractivity contribution in [3.63, 3.8) is 0 Å². The number of unbranched alkanes of at least 4 members (excludes halogenated alkanes) is 14. The van der Waals surface area contributed by atoms with Crippen LogP contribution in [0.1, 0.15) is 147 Å². The van der Waals surface area contributed by atoms with Gasteiger partial charge in [-0.3, -0.25) is 0 Å². The van der Waals surface area contributed by atoms with Crippen LogP contribution in [0.25, 0.3) is 0 Å². The maximum absolute atomic E-state index is 2.77. The quantitative estimate of drug-likeness (QED) is 0.125. The van der Waals surface area contributed by atoms with Crippen molar-refractivity contribution in [1.82, 2.24) is 9.80 Å². The van der Waals surface area contributed by atoms with Crippen molar-refractivity contribution in [2.75, 3.05) is 13.1 Å². The monoisotopic (exact) mass is 558 g/mol. The lowest BCUT2D eigenvalue weighted by Gasteiger charge is -2.51. The molecular formula is C39H62N2. The first-order valence-electron chi connectivity index (χ1n) is 17.6. The zero-order valence-electron chi connectivity index (χ0n) is 27.0. The van der Waals surface area contributed by atoms with Crippen molar-refractivity contribution in [3.8, 4) is 0 Å². The molecule has 0 amide bonds. The van der Waals surface area contributed by atoms with E-state index < -0.39 is 0 Å². The molecule has 1 aliphatic heterocycles. The Kier molecular flexibility index (Phi) is 16.1. The van der Waals surface area contributed by atoms with E-state index in [1.165, 1.54) is 114 Å². The molecule has 2 atom stereocenters. The van der Waals surface area contributed by atoms with Crippen molar-refractivity contribution < 1.29 is 0 Å². The molecule has 41 heavy (non-hydrogen) atoms. The third kappa shape index (κ3) is 10.5. The van der Waals surface area contributed by atoms with Crippen molar-refractivity contribution in [1.29, 1.82) is 0 Å². The lowest BCUT2D eigenvalue weighted by molar-refractivity contribution is -0.00378. The maximum atomic E-state index is 2.77. The zero-order valence-corrected chi connectivity index (χ0v) is 27.0. The summed E-state index contributed by atoms with van der Waals surface area (Å²) >= 11 is 0. The lowest BCUT2D eigenvalue weighted by atomic mass is 9.78. The number of hydrogen-bond acceptors (Lipinski definition) is 2. The Bertz CT molecular complexity index is 923. The number of rotatable bonds is 23. The van der Waals surface area contributed by atoms with E-state index in [2.05, 4.69) is 104 Å². The summed E-state index contributed by atoms with van der Waals surface area (Å²) in [7, 11) is 0. The molecule has 3 rings (SSSR count). The van der Waals surface area contributed by atoms with Crippen LogP contribution in [0.3, 0.4) is 0 Å². The molecule has 0 saturated carbocycles. The predicted octanol–water partition coefficient (Wildman–Crippen LogP) is 11.5. The van der Waals surface area contributed by atoms with Crippen molar-refractivity contribution >= 4 is 0 Å². The highest BCUT2D eigenvalue weighted by atomic mass is 15.4. The molecule has 0 fully saturated rings. The van der Waals surface area contributed by atoms with Crippen LogP contribution in [0.5, 0.6) is 0 Å². The van der Waals surface area contributed by atoms with E-state index in [1.807, 2.05) is 0 Å². The summed E-state index contributed by atoms with van der Waals surface area (Å²) in [6.07, 6.45) is 29.1. The second-order valence-corrected chi connectivity index (χ2v) is 12.5. The normalized spacial score (nSPS) is 17.4. The molecule has 0 N–H and O–H groups in total. The van der Waals surface area contributed by atoms with Crippen LogP contribution in [0.4, 0.5) is 0 Å². The second kappa shape index (κ2) is 19.8. The van der Waals surface area contributed by atoms with Crippen LogP contribution >= 0.6 is 0 Å². The molecule has 0 aliphatic carbocycles. The fourth-order valence-electron chi connectivity index (χ4n) is 7.09. The van der Waals surface area contributed by atoms with Crippen molar-refractivity contribution in [3.05, 3.63) is 84.2 Å². The molecule has 0 bridgehead atoms. The Morgan fingerprint density at radius 3 is 1.37 bits per heavy atom. The van der Waals surface area contributed by atoms with Gasteiger partial charge in [0.15, 0.2) is 0 Å². The van der Waals surface area contributed by atoms with Crippen LogP contribution in [0, 0.1) is 0 Å². The van der Waals surface area contributed by atoms with E-state index >= 15 is 0 Å². The number of nitrogens with zero attached hydrogens (tertiary/aromatic N) is 2. The van der Waals surface area contributed by atoms with Crippen LogP contribution in [-0.4, -0.2) is 28.6 Å². The summed E-state index contributed by atoms with van der Waals surface area (Å²) < 4.78 is 0.